The number of nitrogens with zero attached hydrogens (tertiary/aromatic N) is 3. The third-order valence-corrected chi connectivity index (χ3v) is 5.86. The van der Waals surface area contributed by atoms with Crippen molar-refractivity contribution in [2.45, 2.75) is 22.9 Å². The largest absolute Gasteiger partial charge is 0.321 e. The summed E-state index contributed by atoms with van der Waals surface area (Å²) in [6.45, 7) is 5.69. The maximum Gasteiger partial charge on any atom is 0.125 e. The summed E-state index contributed by atoms with van der Waals surface area (Å²) >= 11 is 1.67. The van der Waals surface area contributed by atoms with Crippen LogP contribution in [0.15, 0.2) is 52.3 Å². The highest BCUT2D eigenvalue weighted by atomic mass is 32.2. The number of piperazine rings is 1. The number of hydrogen-bond acceptors (Lipinski definition) is 6. The average Bonchev–Trinajstić information content (AvgIpc) is 2.65. The maximum atomic E-state index is 13.9. The molecule has 0 aromatic heterocycles. The van der Waals surface area contributed by atoms with E-state index >= 15 is 0 Å². The molecule has 1 unspecified atom stereocenters. The van der Waals surface area contributed by atoms with Gasteiger partial charge >= 0.3 is 0 Å². The van der Waals surface area contributed by atoms with Crippen LogP contribution in [-0.2, 0) is 4.94 Å². The molecule has 7 heteroatoms. The van der Waals surface area contributed by atoms with Gasteiger partial charge in [-0.2, -0.15) is 10.5 Å². The summed E-state index contributed by atoms with van der Waals surface area (Å²) in [7, 11) is 2.11. The smallest absolute Gasteiger partial charge is 0.125 e. The number of hydroxylamine groups is 3. The van der Waals surface area contributed by atoms with Gasteiger partial charge in [0.05, 0.1) is 11.4 Å². The minimum Gasteiger partial charge on any atom is -0.321 e. The van der Waals surface area contributed by atoms with Crippen LogP contribution in [0.2, 0.25) is 0 Å². The molecular weight excluding hydrogens is 351 g/mol. The molecule has 2 aromatic carbocycles. The molecule has 0 aliphatic carbocycles. The molecule has 1 N–H and O–H groups in total. The van der Waals surface area contributed by atoms with Crippen molar-refractivity contribution >= 4 is 23.1 Å². The number of hydrogen-bond donors (Lipinski definition) is 1. The Morgan fingerprint density at radius 1 is 1.04 bits per heavy atom. The fourth-order valence-corrected chi connectivity index (χ4v) is 4.31. The number of nitrogens with one attached hydrogen (secondary N) is 1. The molecule has 26 heavy (non-hydrogen) atoms. The number of anilines is 2. The molecule has 2 aromatic rings. The lowest BCUT2D eigenvalue weighted by Gasteiger charge is -2.38. The van der Waals surface area contributed by atoms with Crippen LogP contribution in [0, 0.1) is 5.82 Å². The molecule has 2 aliphatic rings. The van der Waals surface area contributed by atoms with E-state index in [9.17, 15) is 4.39 Å². The van der Waals surface area contributed by atoms with Gasteiger partial charge in [-0.05, 0) is 44.3 Å². The van der Waals surface area contributed by atoms with Gasteiger partial charge in [0.2, 0.25) is 0 Å². The summed E-state index contributed by atoms with van der Waals surface area (Å²) < 4.78 is 13.9. The van der Waals surface area contributed by atoms with Crippen molar-refractivity contribution in [3.8, 4) is 0 Å². The first-order valence-electron chi connectivity index (χ1n) is 8.83. The number of benzene rings is 2. The molecule has 1 saturated heterocycles. The molecule has 0 saturated carbocycles. The van der Waals surface area contributed by atoms with E-state index in [1.165, 1.54) is 6.07 Å². The summed E-state index contributed by atoms with van der Waals surface area (Å²) in [4.78, 5) is 12.4. The first-order chi connectivity index (χ1) is 12.6. The predicted octanol–water partition coefficient (Wildman–Crippen LogP) is 3.46. The highest BCUT2D eigenvalue weighted by Gasteiger charge is 2.28. The topological polar surface area (TPSA) is 31.0 Å². The van der Waals surface area contributed by atoms with Gasteiger partial charge in [-0.15, -0.1) is 0 Å². The van der Waals surface area contributed by atoms with Gasteiger partial charge in [-0.25, -0.2) is 9.33 Å². The van der Waals surface area contributed by atoms with Crippen molar-refractivity contribution in [1.29, 1.82) is 0 Å². The quantitative estimate of drug-likeness (QED) is 0.825. The second-order valence-corrected chi connectivity index (χ2v) is 7.75. The van der Waals surface area contributed by atoms with E-state index in [1.54, 1.807) is 17.8 Å². The Hall–Kier alpha value is -1.64. The molecule has 1 fully saturated rings. The van der Waals surface area contributed by atoms with Crippen LogP contribution >= 0.6 is 11.8 Å². The van der Waals surface area contributed by atoms with Crippen LogP contribution in [-0.4, -0.2) is 49.4 Å². The molecule has 0 amide bonds. The first-order valence-corrected chi connectivity index (χ1v) is 9.65. The summed E-state index contributed by atoms with van der Waals surface area (Å²) in [5, 5.41) is 1.94. The fraction of sp³-hybridized carbons (Fsp3) is 0.368. The molecule has 4 rings (SSSR count). The van der Waals surface area contributed by atoms with Gasteiger partial charge in [0, 0.05) is 36.0 Å². The third-order valence-electron chi connectivity index (χ3n) is 4.73. The molecule has 5 nitrogen and oxygen atoms in total. The Kier molecular flexibility index (Phi) is 5.15. The van der Waals surface area contributed by atoms with Crippen molar-refractivity contribution < 1.29 is 9.33 Å². The molecule has 0 bridgehead atoms. The lowest BCUT2D eigenvalue weighted by Crippen LogP contribution is -2.50. The monoisotopic (exact) mass is 374 g/mol. The lowest BCUT2D eigenvalue weighted by molar-refractivity contribution is -0.229. The van der Waals surface area contributed by atoms with Crippen molar-refractivity contribution in [2.24, 2.45) is 0 Å². The van der Waals surface area contributed by atoms with Gasteiger partial charge in [-0.3, -0.25) is 0 Å². The van der Waals surface area contributed by atoms with E-state index in [2.05, 4.69) is 34.5 Å². The van der Waals surface area contributed by atoms with Crippen LogP contribution in [0.25, 0.3) is 0 Å². The van der Waals surface area contributed by atoms with E-state index in [-0.39, 0.29) is 12.0 Å². The normalized spacial score (nSPS) is 19.1. The van der Waals surface area contributed by atoms with Crippen molar-refractivity contribution in [2.75, 3.05) is 38.1 Å². The van der Waals surface area contributed by atoms with E-state index in [1.807, 2.05) is 30.2 Å². The zero-order valence-corrected chi connectivity index (χ0v) is 15.8. The van der Waals surface area contributed by atoms with Crippen molar-refractivity contribution in [3.63, 3.8) is 0 Å². The number of likely N-dealkylation sites (N-methyl/N-ethyl adjacent to an activating group) is 1. The van der Waals surface area contributed by atoms with E-state index < -0.39 is 0 Å². The summed E-state index contributed by atoms with van der Waals surface area (Å²) in [6, 6.07) is 13.1. The minimum atomic E-state index is -0.235. The highest BCUT2D eigenvalue weighted by Crippen LogP contribution is 2.48. The number of para-hydroxylation sites is 1. The molecule has 0 spiro atoms. The summed E-state index contributed by atoms with van der Waals surface area (Å²) in [5.74, 6) is -0.235. The Labute approximate surface area is 157 Å². The summed E-state index contributed by atoms with van der Waals surface area (Å²) in [6.07, 6.45) is -0.155. The zero-order valence-electron chi connectivity index (χ0n) is 15.0. The van der Waals surface area contributed by atoms with Crippen LogP contribution < -0.4 is 10.4 Å². The zero-order chi connectivity index (χ0) is 18.1. The Morgan fingerprint density at radius 2 is 1.77 bits per heavy atom. The second kappa shape index (κ2) is 7.54. The fourth-order valence-electron chi connectivity index (χ4n) is 3.26. The molecule has 138 valence electrons. The number of halogens is 1. The standard InChI is InChI=1S/C19H23FN4OS/c1-14(21-25-23-11-9-22(2)10-12-23)24-16-5-3-4-6-18(16)26-19-8-7-15(20)13-17(19)24/h3-8,13-14,21H,9-12H2,1-2H3. The van der Waals surface area contributed by atoms with Crippen LogP contribution in [0.4, 0.5) is 15.8 Å². The second-order valence-electron chi connectivity index (χ2n) is 6.67. The third kappa shape index (κ3) is 3.58. The highest BCUT2D eigenvalue weighted by molar-refractivity contribution is 7.99. The van der Waals surface area contributed by atoms with E-state index in [4.69, 9.17) is 4.94 Å². The molecule has 1 atom stereocenters. The van der Waals surface area contributed by atoms with Gasteiger partial charge < -0.3 is 9.80 Å². The Morgan fingerprint density at radius 3 is 2.58 bits per heavy atom. The number of fused-ring (bicyclic) bond motifs is 2. The predicted molar refractivity (Wildman–Crippen MR) is 102 cm³/mol. The maximum absolute atomic E-state index is 13.9. The van der Waals surface area contributed by atoms with Gasteiger partial charge in [-0.1, -0.05) is 23.9 Å². The summed E-state index contributed by atoms with van der Waals surface area (Å²) in [5.41, 5.74) is 5.05. The molecule has 2 heterocycles. The van der Waals surface area contributed by atoms with Crippen LogP contribution in [0.3, 0.4) is 0 Å². The number of rotatable bonds is 4. The van der Waals surface area contributed by atoms with E-state index in [0.29, 0.717) is 0 Å². The lowest BCUT2D eigenvalue weighted by atomic mass is 10.2. The minimum absolute atomic E-state index is 0.155. The van der Waals surface area contributed by atoms with Gasteiger partial charge in [0.25, 0.3) is 0 Å². The van der Waals surface area contributed by atoms with Crippen LogP contribution in [0.1, 0.15) is 6.92 Å². The van der Waals surface area contributed by atoms with E-state index in [0.717, 1.165) is 47.3 Å². The van der Waals surface area contributed by atoms with Crippen LogP contribution in [0.5, 0.6) is 0 Å². The molecular formula is C19H23FN4OS. The Bertz CT molecular complexity index is 782. The SMILES string of the molecule is CC(NON1CCN(C)CC1)N1c2ccccc2Sc2ccc(F)cc21. The van der Waals surface area contributed by atoms with Gasteiger partial charge in [0.15, 0.2) is 0 Å². The average molecular weight is 374 g/mol. The first kappa shape index (κ1) is 17.8. The van der Waals surface area contributed by atoms with Crippen molar-refractivity contribution in [1.82, 2.24) is 15.4 Å². The Balaban J connectivity index is 1.55. The van der Waals surface area contributed by atoms with Crippen molar-refractivity contribution in [3.05, 3.63) is 48.3 Å². The molecule has 2 aliphatic heterocycles. The molecule has 0 radical (unpaired) electrons. The van der Waals surface area contributed by atoms with Gasteiger partial charge in [0.1, 0.15) is 12.0 Å².